The maximum Gasteiger partial charge on any atom is 0.396 e. The fourth-order valence-electron chi connectivity index (χ4n) is 10.7. The molecule has 3 saturated heterocycles. The third-order valence-electron chi connectivity index (χ3n) is 15.1. The predicted octanol–water partition coefficient (Wildman–Crippen LogP) is 6.67. The van der Waals surface area contributed by atoms with Gasteiger partial charge < -0.3 is 66.7 Å². The third-order valence-corrected chi connectivity index (χ3v) is 17.3. The van der Waals surface area contributed by atoms with Crippen molar-refractivity contribution in [1.29, 1.82) is 0 Å². The molecule has 3 aliphatic rings. The lowest BCUT2D eigenvalue weighted by Gasteiger charge is -2.38. The quantitative estimate of drug-likeness (QED) is 0.0346. The molecule has 27 heteroatoms. The minimum atomic E-state index is -5.06. The van der Waals surface area contributed by atoms with Crippen LogP contribution in [0.5, 0.6) is 5.75 Å². The van der Waals surface area contributed by atoms with Gasteiger partial charge in [-0.25, -0.2) is 4.98 Å². The molecule has 0 aliphatic carbocycles. The van der Waals surface area contributed by atoms with Gasteiger partial charge in [0.1, 0.15) is 36.2 Å². The number of H-pyrrole nitrogens is 1. The number of fused-ring (bicyclic) bond motifs is 2. The standard InChI is InChI=1S/C37H45ClN7O11P.C22H29N3O3S.2C2H6/c1-20(46)44-15-14-25-10-12-29(35(50)41-24(9-13-32(40)48)19-56-30-6-2-4-21(33(30)38)5-3-7-31(39)47)45(25)36(51)28(18-44)43-34(49)27-17-23-16-22(8-11-26(23)42-27)37(52)57(53,54)55;1-14-20(29-13-24-14)16-7-5-15(6-8-16)11-23-21(28)18-9-17(26)12-25(18)19(27)10-22(2,3)4;2*1-2/h2,4,6,8,11,16-17,24-25,28-29,42H,3,5,7,9-10,12-15,18-19H2,1H3,(H2,39,47)(H2,40,48)(H,41,50)(H,43,49)(H2,53,54,55);5-8,13,17-18,26H,9-12H2,1-4H3,(H,23,28);2*1-2H3/t24?,25-,28?,29?;17?,18-;;/m10../s1. The molecule has 2 aromatic heterocycles. The van der Waals surface area contributed by atoms with E-state index in [9.17, 15) is 62.6 Å². The van der Waals surface area contributed by atoms with Gasteiger partial charge in [-0.05, 0) is 97.9 Å². The number of aliphatic hydroxyl groups excluding tert-OH is 1. The number of hydrogen-bond donors (Lipinski definition) is 9. The number of nitrogens with two attached hydrogens (primary N) is 2. The average Bonchev–Trinajstić information content (AvgIpc) is 1.64. The van der Waals surface area contributed by atoms with Crippen molar-refractivity contribution in [1.82, 2.24) is 40.6 Å². The first-order valence-corrected chi connectivity index (χ1v) is 33.1. The molecule has 0 bridgehead atoms. The molecule has 90 heavy (non-hydrogen) atoms. The van der Waals surface area contributed by atoms with E-state index in [0.717, 1.165) is 27.3 Å². The van der Waals surface area contributed by atoms with E-state index in [-0.39, 0.29) is 92.7 Å². The predicted molar refractivity (Wildman–Crippen MR) is 343 cm³/mol. The van der Waals surface area contributed by atoms with Crippen LogP contribution in [0.1, 0.15) is 151 Å². The van der Waals surface area contributed by atoms with E-state index in [0.29, 0.717) is 60.3 Å². The largest absolute Gasteiger partial charge is 0.490 e. The summed E-state index contributed by atoms with van der Waals surface area (Å²) in [6.45, 7) is 17.9. The molecule has 8 rings (SSSR count). The second-order valence-corrected chi connectivity index (χ2v) is 25.8. The number of nitrogens with one attached hydrogen (secondary N) is 4. The highest BCUT2D eigenvalue weighted by atomic mass is 35.5. The van der Waals surface area contributed by atoms with Crippen LogP contribution in [0.4, 0.5) is 0 Å². The zero-order valence-corrected chi connectivity index (χ0v) is 55.0. The first-order chi connectivity index (χ1) is 42.6. The number of nitrogens with zero attached hydrogens (tertiary/aromatic N) is 4. The number of benzene rings is 3. The second-order valence-electron chi connectivity index (χ2n) is 23.0. The van der Waals surface area contributed by atoms with Gasteiger partial charge >= 0.3 is 7.60 Å². The number of carbonyl (C=O) groups is 9. The number of hydrogen-bond acceptors (Lipinski definition) is 14. The minimum Gasteiger partial charge on any atom is -0.490 e. The van der Waals surface area contributed by atoms with Crippen LogP contribution in [-0.2, 0) is 51.1 Å². The zero-order valence-electron chi connectivity index (χ0n) is 52.5. The summed E-state index contributed by atoms with van der Waals surface area (Å²) in [6, 6.07) is 14.4. The molecule has 6 atom stereocenters. The van der Waals surface area contributed by atoms with Crippen LogP contribution in [0.3, 0.4) is 0 Å². The van der Waals surface area contributed by atoms with Gasteiger partial charge in [0.05, 0.1) is 33.3 Å². The summed E-state index contributed by atoms with van der Waals surface area (Å²) in [7, 11) is -5.06. The highest BCUT2D eigenvalue weighted by Gasteiger charge is 2.46. The topological polar surface area (TPSA) is 367 Å². The summed E-state index contributed by atoms with van der Waals surface area (Å²) in [5.41, 5.74) is 14.9. The maximum atomic E-state index is 14.4. The van der Waals surface area contributed by atoms with Crippen LogP contribution in [0.25, 0.3) is 21.3 Å². The van der Waals surface area contributed by atoms with E-state index in [1.54, 1.807) is 29.5 Å². The van der Waals surface area contributed by atoms with Crippen LogP contribution >= 0.6 is 30.5 Å². The Morgan fingerprint density at radius 3 is 2.21 bits per heavy atom. The molecule has 3 aliphatic heterocycles. The maximum absolute atomic E-state index is 14.4. The van der Waals surface area contributed by atoms with Gasteiger partial charge in [-0.3, -0.25) is 47.7 Å². The number of aromatic nitrogens is 2. The number of halogens is 1. The first-order valence-electron chi connectivity index (χ1n) is 30.2. The summed E-state index contributed by atoms with van der Waals surface area (Å²) >= 11 is 8.20. The van der Waals surface area contributed by atoms with Gasteiger partial charge in [-0.15, -0.1) is 11.3 Å². The number of primary amides is 2. The van der Waals surface area contributed by atoms with E-state index in [1.165, 1.54) is 45.9 Å². The molecular formula is C63H86ClN10O14PS. The molecule has 5 aromatic rings. The highest BCUT2D eigenvalue weighted by molar-refractivity contribution is 7.70. The van der Waals surface area contributed by atoms with E-state index in [1.807, 2.05) is 85.2 Å². The summed E-state index contributed by atoms with van der Waals surface area (Å²) in [5, 5.41) is 19.2. The van der Waals surface area contributed by atoms with E-state index < -0.39 is 79.0 Å². The van der Waals surface area contributed by atoms with Gasteiger partial charge in [0, 0.05) is 81.3 Å². The number of likely N-dealkylation sites (tertiary alicyclic amines) is 1. The molecule has 5 heterocycles. The highest BCUT2D eigenvalue weighted by Crippen LogP contribution is 2.40. The van der Waals surface area contributed by atoms with Crippen molar-refractivity contribution in [2.45, 2.75) is 169 Å². The van der Waals surface area contributed by atoms with Gasteiger partial charge in [0.15, 0.2) is 0 Å². The van der Waals surface area contributed by atoms with Crippen molar-refractivity contribution in [2.24, 2.45) is 16.9 Å². The average molecular weight is 1310 g/mol. The van der Waals surface area contributed by atoms with Crippen LogP contribution in [-0.4, -0.2) is 155 Å². The summed E-state index contributed by atoms with van der Waals surface area (Å²) < 4.78 is 17.5. The van der Waals surface area contributed by atoms with Gasteiger partial charge in [0.25, 0.3) is 11.4 Å². The van der Waals surface area contributed by atoms with Gasteiger partial charge in [-0.1, -0.05) is 96.5 Å². The minimum absolute atomic E-state index is 0.0316. The fraction of sp³-hybridized carbons (Fsp3) is 0.492. The molecule has 3 aromatic carbocycles. The molecule has 24 nitrogen and oxygen atoms in total. The van der Waals surface area contributed by atoms with Crippen LogP contribution in [0, 0.1) is 12.3 Å². The molecule has 4 unspecified atom stereocenters. The molecule has 11 N–H and O–H groups in total. The van der Waals surface area contributed by atoms with Crippen molar-refractivity contribution in [2.75, 3.05) is 26.2 Å². The Morgan fingerprint density at radius 1 is 0.900 bits per heavy atom. The number of rotatable bonds is 21. The van der Waals surface area contributed by atoms with Crippen molar-refractivity contribution in [3.8, 4) is 16.2 Å². The summed E-state index contributed by atoms with van der Waals surface area (Å²) in [4.78, 5) is 146. The SMILES string of the molecule is CC.CC.CC(=O)N1CC[C@H]2CCC(C(=O)NC(CCC(N)=O)COc3cccc(CCCC(N)=O)c3Cl)N2C(=O)C(NC(=O)c2cc3cc(C(=O)P(=O)(O)O)ccc3[nH]2)C1.Cc1ncsc1-c1ccc(CNC(=O)[C@@H]2CC(O)CN2C(=O)CC(C)(C)C)cc1. The lowest BCUT2D eigenvalue weighted by molar-refractivity contribution is -0.145. The Balaban J connectivity index is 0.000000373. The van der Waals surface area contributed by atoms with Crippen molar-refractivity contribution < 1.29 is 67.3 Å². The first kappa shape index (κ1) is 73.2. The van der Waals surface area contributed by atoms with Crippen LogP contribution < -0.4 is 32.2 Å². The number of aliphatic hydroxyl groups is 1. The van der Waals surface area contributed by atoms with E-state index >= 15 is 0 Å². The Morgan fingerprint density at radius 2 is 1.59 bits per heavy atom. The number of aryl methyl sites for hydroxylation is 2. The molecular weight excluding hydrogens is 1220 g/mol. The Hall–Kier alpha value is -7.54. The van der Waals surface area contributed by atoms with Crippen molar-refractivity contribution in [3.63, 3.8) is 0 Å². The normalized spacial score (nSPS) is 18.4. The van der Waals surface area contributed by atoms with Crippen LogP contribution in [0.2, 0.25) is 5.02 Å². The fourth-order valence-corrected chi connectivity index (χ4v) is 12.2. The molecule has 3 fully saturated rings. The van der Waals surface area contributed by atoms with Crippen LogP contribution in [0.15, 0.2) is 72.2 Å². The Bertz CT molecular complexity index is 3400. The number of β-amino-alcohol motifs (C(OH)–C–C–N with tert-alkyl or cyclic N) is 1. The Kier molecular flexibility index (Phi) is 27.2. The molecule has 0 saturated carbocycles. The number of thiazole rings is 1. The van der Waals surface area contributed by atoms with E-state index in [4.69, 9.17) is 27.8 Å². The number of amides is 8. The second kappa shape index (κ2) is 33.5. The van der Waals surface area contributed by atoms with E-state index in [2.05, 4.69) is 25.9 Å². The zero-order chi connectivity index (χ0) is 66.8. The summed E-state index contributed by atoms with van der Waals surface area (Å²) in [5.74, 6) is -3.16. The monoisotopic (exact) mass is 1300 g/mol. The summed E-state index contributed by atoms with van der Waals surface area (Å²) in [6.07, 6.45) is 2.28. The smallest absolute Gasteiger partial charge is 0.396 e. The van der Waals surface area contributed by atoms with Gasteiger partial charge in [0.2, 0.25) is 41.4 Å². The molecule has 0 spiro atoms. The molecule has 8 amide bonds. The van der Waals surface area contributed by atoms with Gasteiger partial charge in [-0.2, -0.15) is 0 Å². The third kappa shape index (κ3) is 20.5. The lowest BCUT2D eigenvalue weighted by Crippen LogP contribution is -2.61. The number of carbonyl (C=O) groups excluding carboxylic acids is 9. The number of ether oxygens (including phenoxy) is 1. The molecule has 0 radical (unpaired) electrons. The molecule has 490 valence electrons. The van der Waals surface area contributed by atoms with Crippen molar-refractivity contribution >= 4 is 94.2 Å². The van der Waals surface area contributed by atoms with Crippen molar-refractivity contribution in [3.05, 3.63) is 105 Å². The number of aromatic amines is 1. The lowest BCUT2D eigenvalue weighted by atomic mass is 9.91. The Labute approximate surface area is 533 Å².